The number of carboxylic acids is 1. The zero-order valence-electron chi connectivity index (χ0n) is 4.42. The van der Waals surface area contributed by atoms with E-state index in [1.54, 1.807) is 0 Å². The summed E-state index contributed by atoms with van der Waals surface area (Å²) in [5.74, 6) is -1.09. The quantitative estimate of drug-likeness (QED) is 0.574. The van der Waals surface area contributed by atoms with E-state index in [0.717, 1.165) is 0 Å². The number of carbonyl (C=O) groups is 1. The van der Waals surface area contributed by atoms with Gasteiger partial charge in [-0.15, -0.1) is 0 Å². The second kappa shape index (κ2) is 2.28. The van der Waals surface area contributed by atoms with Crippen LogP contribution in [0.4, 0.5) is 0 Å². The van der Waals surface area contributed by atoms with Crippen LogP contribution in [-0.4, -0.2) is 48.0 Å². The van der Waals surface area contributed by atoms with E-state index >= 15 is 0 Å². The molecule has 48 valence electrons. The van der Waals surface area contributed by atoms with E-state index < -0.39 is 11.6 Å². The molecule has 0 amide bonds. The number of hydrogen-bond acceptors (Lipinski definition) is 2. The van der Waals surface area contributed by atoms with E-state index in [1.165, 1.54) is 0 Å². The molecule has 1 aliphatic rings. The van der Waals surface area contributed by atoms with Crippen LogP contribution in [-0.2, 0) is 4.79 Å². The number of aliphatic carboxylic acids is 1. The first kappa shape index (κ1) is 8.31. The Hall–Kier alpha value is 0.313. The van der Waals surface area contributed by atoms with Crippen molar-refractivity contribution in [2.75, 3.05) is 0 Å². The zero-order valence-corrected chi connectivity index (χ0v) is 9.92. The van der Waals surface area contributed by atoms with Crippen LogP contribution < -0.4 is 0 Å². The molecule has 0 aromatic rings. The fourth-order valence-corrected chi connectivity index (χ4v) is 0.332. The van der Waals surface area contributed by atoms with E-state index in [2.05, 4.69) is 0 Å². The third-order valence-electron chi connectivity index (χ3n) is 1.12. The van der Waals surface area contributed by atoms with Gasteiger partial charge in [-0.2, -0.15) is 0 Å². The molecule has 0 unspecified atom stereocenters. The molecule has 4 heteroatoms. The Morgan fingerprint density at radius 1 is 1.50 bits per heavy atom. The first-order valence-electron chi connectivity index (χ1n) is 2.11. The van der Waals surface area contributed by atoms with Gasteiger partial charge in [-0.25, -0.2) is 4.79 Å². The summed E-state index contributed by atoms with van der Waals surface area (Å²) in [5, 5.41) is 16.7. The monoisotopic (exact) mass is 314 g/mol. The van der Waals surface area contributed by atoms with E-state index in [9.17, 15) is 4.79 Å². The Kier molecular flexibility index (Phi) is 2.37. The van der Waals surface area contributed by atoms with Gasteiger partial charge in [0.25, 0.3) is 0 Å². The molecule has 0 heterocycles. The van der Waals surface area contributed by atoms with Crippen molar-refractivity contribution in [3.63, 3.8) is 0 Å². The molecule has 0 saturated heterocycles. The first-order valence-corrected chi connectivity index (χ1v) is 2.11. The van der Waals surface area contributed by atoms with Crippen LogP contribution in [0.3, 0.4) is 0 Å². The molecule has 0 spiro atoms. The number of carboxylic acid groups (broad SMARTS) is 1. The van der Waals surface area contributed by atoms with E-state index in [-0.39, 0.29) is 26.2 Å². The van der Waals surface area contributed by atoms with Gasteiger partial charge in [-0.05, 0) is 12.8 Å². The molecule has 1 rings (SSSR count). The van der Waals surface area contributed by atoms with Crippen LogP contribution in [0.2, 0.25) is 0 Å². The summed E-state index contributed by atoms with van der Waals surface area (Å²) in [6.45, 7) is 0. The van der Waals surface area contributed by atoms with E-state index in [4.69, 9.17) is 10.2 Å². The minimum absolute atomic E-state index is 0. The normalized spacial score (nSPS) is 21.1. The van der Waals surface area contributed by atoms with Crippen molar-refractivity contribution in [2.45, 2.75) is 18.4 Å². The molecule has 1 aliphatic carbocycles. The molecule has 0 radical (unpaired) electrons. The van der Waals surface area contributed by atoms with Gasteiger partial charge in [-0.3, -0.25) is 0 Å². The van der Waals surface area contributed by atoms with Crippen molar-refractivity contribution in [3.05, 3.63) is 0 Å². The molecule has 0 aromatic carbocycles. The van der Waals surface area contributed by atoms with Crippen LogP contribution in [0.15, 0.2) is 0 Å². The van der Waals surface area contributed by atoms with Crippen molar-refractivity contribution < 1.29 is 15.0 Å². The van der Waals surface area contributed by atoms with Gasteiger partial charge < -0.3 is 10.2 Å². The van der Waals surface area contributed by atoms with Crippen molar-refractivity contribution in [1.82, 2.24) is 0 Å². The van der Waals surface area contributed by atoms with Crippen molar-refractivity contribution >= 4 is 32.2 Å². The van der Waals surface area contributed by atoms with Gasteiger partial charge in [0.15, 0.2) is 5.60 Å². The van der Waals surface area contributed by atoms with Gasteiger partial charge in [0.1, 0.15) is 0 Å². The van der Waals surface area contributed by atoms with E-state index in [0.29, 0.717) is 12.8 Å². The fraction of sp³-hybridized carbons (Fsp3) is 0.750. The molecule has 1 saturated carbocycles. The summed E-state index contributed by atoms with van der Waals surface area (Å²) < 4.78 is 0. The van der Waals surface area contributed by atoms with E-state index in [1.807, 2.05) is 0 Å². The zero-order chi connectivity index (χ0) is 5.49. The predicted octanol–water partition coefficient (Wildman–Crippen LogP) is -1.59. The maximum atomic E-state index is 9.83. The van der Waals surface area contributed by atoms with Crippen molar-refractivity contribution in [2.24, 2.45) is 0 Å². The Labute approximate surface area is 65.8 Å². The third-order valence-corrected chi connectivity index (χ3v) is 1.12. The average Bonchev–Trinajstić information content (AvgIpc) is 2.21. The SMILES string of the molecule is O=C(O)C1(O)CC1.[BiH3]. The van der Waals surface area contributed by atoms with Crippen molar-refractivity contribution in [1.29, 1.82) is 0 Å². The summed E-state index contributed by atoms with van der Waals surface area (Å²) in [7, 11) is 0. The average molecular weight is 314 g/mol. The molecule has 2 N–H and O–H groups in total. The molecule has 0 aromatic heterocycles. The molecule has 0 aliphatic heterocycles. The predicted molar refractivity (Wildman–Crippen MR) is 31.8 cm³/mol. The second-order valence-corrected chi connectivity index (χ2v) is 1.84. The molecule has 8 heavy (non-hydrogen) atoms. The molecular formula is C4H9BiO3. The Morgan fingerprint density at radius 3 is 1.88 bits per heavy atom. The number of hydrogen-bond donors (Lipinski definition) is 2. The summed E-state index contributed by atoms with van der Waals surface area (Å²) in [6, 6.07) is 0. The molecule has 3 nitrogen and oxygen atoms in total. The van der Waals surface area contributed by atoms with Crippen molar-refractivity contribution in [3.8, 4) is 0 Å². The van der Waals surface area contributed by atoms with Gasteiger partial charge in [0.05, 0.1) is 0 Å². The van der Waals surface area contributed by atoms with Crippen LogP contribution in [0.25, 0.3) is 0 Å². The van der Waals surface area contributed by atoms with Gasteiger partial charge in [0.2, 0.25) is 0 Å². The van der Waals surface area contributed by atoms with Crippen LogP contribution in [0.1, 0.15) is 12.8 Å². The standard InChI is InChI=1S/C4H6O3.Bi.3H/c5-3(6)4(7)1-2-4;;;;/h7H,1-2H2,(H,5,6);;;;. The molecule has 1 fully saturated rings. The third kappa shape index (κ3) is 1.39. The maximum absolute atomic E-state index is 9.83. The van der Waals surface area contributed by atoms with Crippen LogP contribution in [0, 0.1) is 0 Å². The Morgan fingerprint density at radius 2 is 1.88 bits per heavy atom. The molecule has 0 bridgehead atoms. The summed E-state index contributed by atoms with van der Waals surface area (Å²) >= 11 is 0. The Bertz CT molecular complexity index is 108. The Balaban J connectivity index is 0.000000490. The molecular weight excluding hydrogens is 305 g/mol. The summed E-state index contributed by atoms with van der Waals surface area (Å²) in [6.07, 6.45) is 0.838. The molecule has 0 atom stereocenters. The first-order chi connectivity index (χ1) is 3.15. The van der Waals surface area contributed by atoms with Crippen LogP contribution >= 0.6 is 0 Å². The number of aliphatic hydroxyl groups is 1. The number of rotatable bonds is 1. The fourth-order valence-electron chi connectivity index (χ4n) is 0.332. The van der Waals surface area contributed by atoms with Gasteiger partial charge in [-0.1, -0.05) is 0 Å². The topological polar surface area (TPSA) is 57.5 Å². The minimum atomic E-state index is -1.33. The summed E-state index contributed by atoms with van der Waals surface area (Å²) in [5.41, 5.74) is -1.33. The van der Waals surface area contributed by atoms with Gasteiger partial charge >= 0.3 is 32.2 Å². The summed E-state index contributed by atoms with van der Waals surface area (Å²) in [4.78, 5) is 9.83. The van der Waals surface area contributed by atoms with Gasteiger partial charge in [0, 0.05) is 0 Å². The second-order valence-electron chi connectivity index (χ2n) is 1.84. The van der Waals surface area contributed by atoms with Crippen LogP contribution in [0.5, 0.6) is 0 Å².